The maximum atomic E-state index is 12.9. The first kappa shape index (κ1) is 25.7. The van der Waals surface area contributed by atoms with Crippen LogP contribution in [0.1, 0.15) is 24.2 Å². The van der Waals surface area contributed by atoms with Crippen molar-refractivity contribution in [1.82, 2.24) is 19.4 Å². The lowest BCUT2D eigenvalue weighted by atomic mass is 10.1. The first-order valence-electron chi connectivity index (χ1n) is 11.7. The Kier molecular flexibility index (Phi) is 7.33. The van der Waals surface area contributed by atoms with Crippen molar-refractivity contribution in [2.24, 2.45) is 5.92 Å². The van der Waals surface area contributed by atoms with Crippen molar-refractivity contribution in [3.05, 3.63) is 46.0 Å². The third-order valence-corrected chi connectivity index (χ3v) is 6.43. The molecular weight excluding hydrogens is 477 g/mol. The molecule has 0 radical (unpaired) electrons. The van der Waals surface area contributed by atoms with Crippen molar-refractivity contribution in [3.63, 3.8) is 0 Å². The first-order valence-corrected chi connectivity index (χ1v) is 11.7. The van der Waals surface area contributed by atoms with E-state index < -0.39 is 18.3 Å². The molecule has 192 valence electrons. The van der Waals surface area contributed by atoms with E-state index in [4.69, 9.17) is 0 Å². The molecule has 1 aromatic heterocycles. The first-order chi connectivity index (χ1) is 17.0. The van der Waals surface area contributed by atoms with Crippen molar-refractivity contribution >= 4 is 11.6 Å². The predicted octanol–water partition coefficient (Wildman–Crippen LogP) is 2.40. The second-order valence-electron chi connectivity index (χ2n) is 9.25. The lowest BCUT2D eigenvalue weighted by molar-refractivity contribution is -0.151. The van der Waals surface area contributed by atoms with E-state index in [-0.39, 0.29) is 44.5 Å². The Morgan fingerprint density at radius 3 is 2.50 bits per heavy atom. The maximum absolute atomic E-state index is 12.9. The molecule has 0 unspecified atom stereocenters. The van der Waals surface area contributed by atoms with E-state index in [1.807, 2.05) is 6.07 Å². The maximum Gasteiger partial charge on any atom is 0.401 e. The van der Waals surface area contributed by atoms with Crippen molar-refractivity contribution < 1.29 is 23.2 Å². The highest BCUT2D eigenvalue weighted by Gasteiger charge is 2.33. The fraction of sp³-hybridized carbons (Fsp3) is 0.500. The molecule has 1 aromatic carbocycles. The highest BCUT2D eigenvalue weighted by Crippen LogP contribution is 2.34. The lowest BCUT2D eigenvalue weighted by Gasteiger charge is -2.35. The van der Waals surface area contributed by atoms with Gasteiger partial charge in [0, 0.05) is 44.4 Å². The molecule has 12 heteroatoms. The van der Waals surface area contributed by atoms with Crippen molar-refractivity contribution in [2.45, 2.75) is 32.5 Å². The van der Waals surface area contributed by atoms with Crippen molar-refractivity contribution in [2.75, 3.05) is 44.3 Å². The van der Waals surface area contributed by atoms with E-state index in [0.717, 1.165) is 17.9 Å². The van der Waals surface area contributed by atoms with Crippen LogP contribution in [-0.2, 0) is 11.3 Å². The Hall–Kier alpha value is -3.43. The van der Waals surface area contributed by atoms with Gasteiger partial charge in [-0.1, -0.05) is 0 Å². The highest BCUT2D eigenvalue weighted by molar-refractivity contribution is 5.78. The second-order valence-corrected chi connectivity index (χ2v) is 9.25. The number of aromatic nitrogens is 2. The summed E-state index contributed by atoms with van der Waals surface area (Å²) in [7, 11) is 0. The molecule has 2 aromatic rings. The van der Waals surface area contributed by atoms with E-state index in [0.29, 0.717) is 35.0 Å². The SMILES string of the molecule is Cc1nc(-c2ccc(C#N)cc2N(O)CC2CC2)cc(=O)n1CC(=O)N1CCN(CC(F)(F)F)CC1. The number of aryl methyl sites for hydroxylation is 1. The van der Waals surface area contributed by atoms with Crippen LogP contribution in [0.4, 0.5) is 18.9 Å². The lowest BCUT2D eigenvalue weighted by Crippen LogP contribution is -2.52. The molecule has 2 aliphatic rings. The molecule has 0 atom stereocenters. The molecule has 4 rings (SSSR count). The summed E-state index contributed by atoms with van der Waals surface area (Å²) in [6.45, 7) is 1.22. The molecule has 1 amide bonds. The molecule has 1 N–H and O–H groups in total. The van der Waals surface area contributed by atoms with Gasteiger partial charge in [0.1, 0.15) is 12.4 Å². The number of hydroxylamine groups is 1. The van der Waals surface area contributed by atoms with E-state index >= 15 is 0 Å². The Labute approximate surface area is 205 Å². The topological polar surface area (TPSA) is 106 Å². The Balaban J connectivity index is 1.50. The number of amides is 1. The summed E-state index contributed by atoms with van der Waals surface area (Å²) in [5.74, 6) is 0.285. The quantitative estimate of drug-likeness (QED) is 0.578. The number of carbonyl (C=O) groups excluding carboxylic acids is 1. The van der Waals surface area contributed by atoms with Crippen molar-refractivity contribution in [1.29, 1.82) is 5.26 Å². The smallest absolute Gasteiger partial charge is 0.339 e. The average molecular weight is 505 g/mol. The number of nitriles is 1. The Morgan fingerprint density at radius 2 is 1.92 bits per heavy atom. The molecule has 1 saturated heterocycles. The van der Waals surface area contributed by atoms with Gasteiger partial charge in [-0.2, -0.15) is 18.4 Å². The molecule has 2 heterocycles. The van der Waals surface area contributed by atoms with Crippen LogP contribution < -0.4 is 10.6 Å². The average Bonchev–Trinajstić information content (AvgIpc) is 3.64. The summed E-state index contributed by atoms with van der Waals surface area (Å²) in [6, 6.07) is 8.07. The molecular formula is C24H27F3N6O3. The van der Waals surface area contributed by atoms with Crippen LogP contribution in [0.15, 0.2) is 29.1 Å². The minimum atomic E-state index is -4.29. The van der Waals surface area contributed by atoms with Crippen molar-refractivity contribution in [3.8, 4) is 17.3 Å². The van der Waals surface area contributed by atoms with Crippen LogP contribution in [0.25, 0.3) is 11.3 Å². The monoisotopic (exact) mass is 504 g/mol. The van der Waals surface area contributed by atoms with Gasteiger partial charge in [-0.05, 0) is 43.9 Å². The summed E-state index contributed by atoms with van der Waals surface area (Å²) in [5.41, 5.74) is 1.05. The van der Waals surface area contributed by atoms with Crippen LogP contribution in [0.3, 0.4) is 0 Å². The van der Waals surface area contributed by atoms with E-state index in [1.165, 1.54) is 20.4 Å². The normalized spacial score (nSPS) is 16.6. The molecule has 2 fully saturated rings. The van der Waals surface area contributed by atoms with Crippen LogP contribution in [0, 0.1) is 24.2 Å². The molecule has 36 heavy (non-hydrogen) atoms. The Bertz CT molecular complexity index is 1230. The van der Waals surface area contributed by atoms with Crippen LogP contribution >= 0.6 is 0 Å². The van der Waals surface area contributed by atoms with Gasteiger partial charge < -0.3 is 4.90 Å². The molecule has 0 bridgehead atoms. The minimum absolute atomic E-state index is 0.107. The summed E-state index contributed by atoms with van der Waals surface area (Å²) < 4.78 is 39.0. The highest BCUT2D eigenvalue weighted by atomic mass is 19.4. The number of rotatable bonds is 7. The predicted molar refractivity (Wildman–Crippen MR) is 124 cm³/mol. The fourth-order valence-electron chi connectivity index (χ4n) is 4.27. The summed E-state index contributed by atoms with van der Waals surface area (Å²) in [4.78, 5) is 32.9. The zero-order valence-electron chi connectivity index (χ0n) is 19.8. The molecule has 1 saturated carbocycles. The van der Waals surface area contributed by atoms with Gasteiger partial charge in [0.15, 0.2) is 0 Å². The fourth-order valence-corrected chi connectivity index (χ4v) is 4.27. The summed E-state index contributed by atoms with van der Waals surface area (Å²) >= 11 is 0. The zero-order valence-corrected chi connectivity index (χ0v) is 19.8. The number of piperazine rings is 1. The standard InChI is InChI=1S/C24H27F3N6O3/c1-16-29-20(19-5-4-18(12-28)10-21(19)33(36)13-17-2-3-17)11-22(34)32(16)14-23(35)31-8-6-30(7-9-31)15-24(25,26)27/h4-5,10-11,17,36H,2-3,6-9,13-15H2,1H3. The minimum Gasteiger partial charge on any atom is -0.339 e. The van der Waals surface area contributed by atoms with E-state index in [1.54, 1.807) is 25.1 Å². The Morgan fingerprint density at radius 1 is 1.22 bits per heavy atom. The number of alkyl halides is 3. The summed E-state index contributed by atoms with van der Waals surface area (Å²) in [5, 5.41) is 21.0. The van der Waals surface area contributed by atoms with Gasteiger partial charge in [0.05, 0.1) is 29.6 Å². The molecule has 1 aliphatic heterocycles. The molecule has 1 aliphatic carbocycles. The number of anilines is 1. The number of hydrogen-bond acceptors (Lipinski definition) is 7. The van der Waals surface area contributed by atoms with Crippen LogP contribution in [-0.4, -0.2) is 75.9 Å². The molecule has 9 nitrogen and oxygen atoms in total. The van der Waals surface area contributed by atoms with E-state index in [9.17, 15) is 33.2 Å². The zero-order chi connectivity index (χ0) is 26.0. The number of benzene rings is 1. The van der Waals surface area contributed by atoms with Gasteiger partial charge in [-0.25, -0.2) is 4.98 Å². The van der Waals surface area contributed by atoms with Gasteiger partial charge in [-0.15, -0.1) is 0 Å². The van der Waals surface area contributed by atoms with Crippen LogP contribution in [0.5, 0.6) is 0 Å². The number of carbonyl (C=O) groups is 1. The van der Waals surface area contributed by atoms with E-state index in [2.05, 4.69) is 4.98 Å². The summed E-state index contributed by atoms with van der Waals surface area (Å²) in [6.07, 6.45) is -2.25. The second kappa shape index (κ2) is 10.3. The third kappa shape index (κ3) is 6.22. The van der Waals surface area contributed by atoms with Crippen LogP contribution in [0.2, 0.25) is 0 Å². The van der Waals surface area contributed by atoms with Gasteiger partial charge in [-0.3, -0.25) is 29.3 Å². The third-order valence-electron chi connectivity index (χ3n) is 6.43. The van der Waals surface area contributed by atoms with Gasteiger partial charge >= 0.3 is 6.18 Å². The van der Waals surface area contributed by atoms with Gasteiger partial charge in [0.2, 0.25) is 5.91 Å². The van der Waals surface area contributed by atoms with Gasteiger partial charge in [0.25, 0.3) is 5.56 Å². The molecule has 0 spiro atoms. The number of halogens is 3. The number of nitrogens with zero attached hydrogens (tertiary/aromatic N) is 6. The largest absolute Gasteiger partial charge is 0.401 e. The number of hydrogen-bond donors (Lipinski definition) is 1.